The average Bonchev–Trinajstić information content (AvgIpc) is 4.10. The lowest BCUT2D eigenvalue weighted by Crippen LogP contribution is -2.48. The highest BCUT2D eigenvalue weighted by atomic mass is 16.3. The van der Waals surface area contributed by atoms with Crippen molar-refractivity contribution in [2.75, 3.05) is 0 Å². The Bertz CT molecular complexity index is 4290. The van der Waals surface area contributed by atoms with Crippen molar-refractivity contribution in [2.45, 2.75) is 43.9 Å². The molecule has 4 heterocycles. The highest BCUT2D eigenvalue weighted by Gasteiger charge is 2.51. The number of furan rings is 2. The van der Waals surface area contributed by atoms with Crippen LogP contribution in [0, 0.1) is 17.8 Å². The van der Waals surface area contributed by atoms with E-state index in [-0.39, 0.29) is 0 Å². The van der Waals surface area contributed by atoms with Crippen molar-refractivity contribution >= 4 is 76.5 Å². The first kappa shape index (κ1) is 39.5. The highest BCUT2D eigenvalue weighted by Crippen LogP contribution is 2.61. The minimum atomic E-state index is 0.329. The number of fused-ring (bicyclic) bond motifs is 11. The van der Waals surface area contributed by atoms with Gasteiger partial charge < -0.3 is 13.4 Å². The molecule has 9 aromatic carbocycles. The molecule has 0 aliphatic heterocycles. The third kappa shape index (κ3) is 5.97. The molecule has 0 N–H and O–H groups in total. The Balaban J connectivity index is 0.923. The van der Waals surface area contributed by atoms with Crippen LogP contribution in [-0.2, 0) is 5.41 Å². The summed E-state index contributed by atoms with van der Waals surface area (Å²) in [5, 5.41) is 8.65. The van der Waals surface area contributed by atoms with Crippen molar-refractivity contribution in [3.63, 3.8) is 0 Å². The molecule has 6 nitrogen and oxygen atoms in total. The Labute approximate surface area is 409 Å². The lowest BCUT2D eigenvalue weighted by atomic mass is 9.48. The van der Waals surface area contributed by atoms with Crippen LogP contribution < -0.4 is 0 Å². The van der Waals surface area contributed by atoms with Gasteiger partial charge in [0.1, 0.15) is 22.3 Å². The average molecular weight is 915 g/mol. The Morgan fingerprint density at radius 1 is 0.394 bits per heavy atom. The highest BCUT2D eigenvalue weighted by molar-refractivity contribution is 6.17. The summed E-state index contributed by atoms with van der Waals surface area (Å²) in [5.41, 5.74) is 13.2. The SMILES string of the molecule is c1ccc(-n2c3ccccc3c3cc(-c4nc(-c5cc(-c6ccc(C78CC9CC(CC(C9)C7)C8)cc6)cc6c5oc5ccccc56)nc(-c5cccc6c5oc5c7ccccc7ccc65)n4)ccc32)cc1. The van der Waals surface area contributed by atoms with Crippen molar-refractivity contribution < 1.29 is 8.83 Å². The first-order chi connectivity index (χ1) is 35.1. The third-order valence-corrected chi connectivity index (χ3v) is 16.8. The number of hydrogen-bond donors (Lipinski definition) is 0. The molecule has 0 unspecified atom stereocenters. The normalized spacial score (nSPS) is 19.7. The number of nitrogens with zero attached hydrogens (tertiary/aromatic N) is 4. The molecule has 0 radical (unpaired) electrons. The molecular formula is C65H46N4O2. The Morgan fingerprint density at radius 3 is 1.83 bits per heavy atom. The topological polar surface area (TPSA) is 69.9 Å². The van der Waals surface area contributed by atoms with E-state index in [1.807, 2.05) is 6.07 Å². The summed E-state index contributed by atoms with van der Waals surface area (Å²) in [7, 11) is 0. The fourth-order valence-electron chi connectivity index (χ4n) is 14.1. The summed E-state index contributed by atoms with van der Waals surface area (Å²) < 4.78 is 16.1. The van der Waals surface area contributed by atoms with E-state index in [4.69, 9.17) is 23.8 Å². The Kier molecular flexibility index (Phi) is 8.25. The molecule has 338 valence electrons. The van der Waals surface area contributed by atoms with Crippen molar-refractivity contribution in [1.29, 1.82) is 0 Å². The Morgan fingerprint density at radius 2 is 1.01 bits per heavy atom. The van der Waals surface area contributed by atoms with Gasteiger partial charge in [0.25, 0.3) is 0 Å². The maximum absolute atomic E-state index is 6.94. The van der Waals surface area contributed by atoms with Crippen molar-refractivity contribution in [3.8, 4) is 51.0 Å². The molecule has 4 aliphatic rings. The predicted octanol–water partition coefficient (Wildman–Crippen LogP) is 17.1. The van der Waals surface area contributed by atoms with Crippen LogP contribution in [0.4, 0.5) is 0 Å². The van der Waals surface area contributed by atoms with Crippen LogP contribution in [0.1, 0.15) is 44.1 Å². The molecule has 6 heteroatoms. The van der Waals surface area contributed by atoms with Gasteiger partial charge in [0.05, 0.1) is 22.2 Å². The van der Waals surface area contributed by atoms with Gasteiger partial charge in [-0.25, -0.2) is 15.0 Å². The van der Waals surface area contributed by atoms with Crippen LogP contribution in [0.3, 0.4) is 0 Å². The molecule has 4 aliphatic carbocycles. The lowest BCUT2D eigenvalue weighted by molar-refractivity contribution is -0.00518. The Hall–Kier alpha value is -8.35. The maximum atomic E-state index is 6.94. The van der Waals surface area contributed by atoms with E-state index in [1.54, 1.807) is 0 Å². The molecule has 0 saturated heterocycles. The summed E-state index contributed by atoms with van der Waals surface area (Å²) in [4.78, 5) is 16.3. The quantitative estimate of drug-likeness (QED) is 0.166. The number of hydrogen-bond acceptors (Lipinski definition) is 5. The van der Waals surface area contributed by atoms with Crippen LogP contribution in [0.25, 0.3) is 127 Å². The van der Waals surface area contributed by atoms with Crippen LogP contribution in [0.5, 0.6) is 0 Å². The van der Waals surface area contributed by atoms with E-state index in [1.165, 1.54) is 49.7 Å². The second kappa shape index (κ2) is 14.8. The van der Waals surface area contributed by atoms with Gasteiger partial charge in [-0.3, -0.25) is 0 Å². The van der Waals surface area contributed by atoms with E-state index in [2.05, 4.69) is 187 Å². The summed E-state index contributed by atoms with van der Waals surface area (Å²) in [6.07, 6.45) is 8.37. The minimum absolute atomic E-state index is 0.329. The molecule has 13 aromatic rings. The fraction of sp³-hybridized carbons (Fsp3) is 0.154. The van der Waals surface area contributed by atoms with Gasteiger partial charge >= 0.3 is 0 Å². The van der Waals surface area contributed by atoms with Crippen LogP contribution in [0.2, 0.25) is 0 Å². The van der Waals surface area contributed by atoms with Gasteiger partial charge in [-0.05, 0) is 151 Å². The van der Waals surface area contributed by atoms with Crippen LogP contribution in [-0.4, -0.2) is 19.5 Å². The van der Waals surface area contributed by atoms with E-state index in [9.17, 15) is 0 Å². The maximum Gasteiger partial charge on any atom is 0.167 e. The first-order valence-corrected chi connectivity index (χ1v) is 25.3. The summed E-state index contributed by atoms with van der Waals surface area (Å²) in [6.45, 7) is 0. The zero-order chi connectivity index (χ0) is 46.4. The molecule has 71 heavy (non-hydrogen) atoms. The molecular weight excluding hydrogens is 869 g/mol. The lowest BCUT2D eigenvalue weighted by Gasteiger charge is -2.57. The van der Waals surface area contributed by atoms with E-state index < -0.39 is 0 Å². The first-order valence-electron chi connectivity index (χ1n) is 25.3. The monoisotopic (exact) mass is 914 g/mol. The molecule has 17 rings (SSSR count). The molecule has 0 amide bonds. The number of para-hydroxylation sites is 4. The molecule has 4 aromatic heterocycles. The predicted molar refractivity (Wildman–Crippen MR) is 288 cm³/mol. The summed E-state index contributed by atoms with van der Waals surface area (Å²) in [5.74, 6) is 4.31. The van der Waals surface area contributed by atoms with Gasteiger partial charge in [-0.15, -0.1) is 0 Å². The minimum Gasteiger partial charge on any atom is -0.455 e. The zero-order valence-corrected chi connectivity index (χ0v) is 39.0. The van der Waals surface area contributed by atoms with E-state index in [0.29, 0.717) is 22.9 Å². The summed E-state index contributed by atoms with van der Waals surface area (Å²) in [6, 6.07) is 67.3. The molecule has 0 atom stereocenters. The van der Waals surface area contributed by atoms with Crippen LogP contribution >= 0.6 is 0 Å². The molecule has 4 bridgehead atoms. The standard InChI is InChI=1S/C65H46N4O2/c1-2-12-46(13-3-1)69-56-19-8-6-15-48(56)53-32-43(24-28-57(53)69)62-66-63(52-18-10-17-50-51-27-23-42-11-4-5-14-47(42)59(51)71-60(50)52)68-64(67-62)55-34-44(33-54-49-16-7-9-20-58(49)70-61(54)55)41-21-25-45(26-22-41)65-35-38-29-39(36-65)31-40(30-38)37-65/h1-28,32-34,38-40H,29-31,35-37H2. The van der Waals surface area contributed by atoms with Crippen LogP contribution in [0.15, 0.2) is 197 Å². The summed E-state index contributed by atoms with van der Waals surface area (Å²) >= 11 is 0. The van der Waals surface area contributed by atoms with Crippen molar-refractivity contribution in [2.24, 2.45) is 17.8 Å². The van der Waals surface area contributed by atoms with Crippen molar-refractivity contribution in [3.05, 3.63) is 194 Å². The molecule has 4 saturated carbocycles. The van der Waals surface area contributed by atoms with Gasteiger partial charge in [0, 0.05) is 49.0 Å². The van der Waals surface area contributed by atoms with Gasteiger partial charge in [0.2, 0.25) is 0 Å². The zero-order valence-electron chi connectivity index (χ0n) is 39.0. The number of aromatic nitrogens is 4. The van der Waals surface area contributed by atoms with Gasteiger partial charge in [0.15, 0.2) is 17.5 Å². The molecule has 0 spiro atoms. The number of rotatable bonds is 6. The van der Waals surface area contributed by atoms with E-state index in [0.717, 1.165) is 122 Å². The van der Waals surface area contributed by atoms with Gasteiger partial charge in [-0.2, -0.15) is 0 Å². The second-order valence-electron chi connectivity index (χ2n) is 20.9. The smallest absolute Gasteiger partial charge is 0.167 e. The third-order valence-electron chi connectivity index (χ3n) is 16.8. The van der Waals surface area contributed by atoms with Crippen molar-refractivity contribution in [1.82, 2.24) is 19.5 Å². The fourth-order valence-corrected chi connectivity index (χ4v) is 14.1. The largest absolute Gasteiger partial charge is 0.455 e. The molecule has 4 fully saturated rings. The second-order valence-corrected chi connectivity index (χ2v) is 20.9. The number of benzene rings is 9. The van der Waals surface area contributed by atoms with Gasteiger partial charge in [-0.1, -0.05) is 121 Å². The van der Waals surface area contributed by atoms with E-state index >= 15 is 0 Å².